The van der Waals surface area contributed by atoms with Crippen molar-refractivity contribution in [2.45, 2.75) is 51.1 Å². The molecule has 0 radical (unpaired) electrons. The van der Waals surface area contributed by atoms with Crippen LogP contribution in [0.1, 0.15) is 47.3 Å². The Kier molecular flexibility index (Phi) is 5.23. The number of aromatic nitrogens is 1. The lowest BCUT2D eigenvalue weighted by Crippen LogP contribution is -2.62. The van der Waals surface area contributed by atoms with Crippen LogP contribution in [0.3, 0.4) is 0 Å². The molecular weight excluding hydrogens is 374 g/mol. The van der Waals surface area contributed by atoms with E-state index in [1.54, 1.807) is 6.07 Å². The molecule has 0 saturated carbocycles. The van der Waals surface area contributed by atoms with Gasteiger partial charge in [-0.3, -0.25) is 14.5 Å². The van der Waals surface area contributed by atoms with Gasteiger partial charge in [0.15, 0.2) is 0 Å². The molecule has 0 aliphatic carbocycles. The molecule has 0 spiro atoms. The smallest absolute Gasteiger partial charge is 0.254 e. The minimum absolute atomic E-state index is 0.0176. The summed E-state index contributed by atoms with van der Waals surface area (Å²) in [7, 11) is 0. The molecule has 2 bridgehead atoms. The number of rotatable bonds is 3. The van der Waals surface area contributed by atoms with Crippen LogP contribution in [0.4, 0.5) is 0 Å². The molecule has 1 aromatic carbocycles. The van der Waals surface area contributed by atoms with Crippen LogP contribution in [-0.4, -0.2) is 52.4 Å². The van der Waals surface area contributed by atoms with Crippen molar-refractivity contribution in [3.8, 4) is 0 Å². The predicted octanol–water partition coefficient (Wildman–Crippen LogP) is 3.24. The standard InChI is InChI=1S/C25H31N3O2/c1-17-10-20(13-24(29)26-17)25(30)27-14-19-11-21(16-27)23-9-5-8-22(28(23)15-19)12-18-6-3-2-4-7-18/h2-4,6-7,10,13,19,21-23H,5,8-9,11-12,14-16H2,1H3,(H,26,29)/t19-,21+,22+,23-/m0/s1. The number of piperidine rings is 3. The Labute approximate surface area is 178 Å². The molecule has 5 heteroatoms. The van der Waals surface area contributed by atoms with Gasteiger partial charge in [0.1, 0.15) is 0 Å². The topological polar surface area (TPSA) is 56.4 Å². The summed E-state index contributed by atoms with van der Waals surface area (Å²) in [6.07, 6.45) is 6.16. The third-order valence-electron chi connectivity index (χ3n) is 7.34. The van der Waals surface area contributed by atoms with E-state index < -0.39 is 0 Å². The Bertz CT molecular complexity index is 970. The van der Waals surface area contributed by atoms with Gasteiger partial charge in [-0.1, -0.05) is 36.8 Å². The average Bonchev–Trinajstić information content (AvgIpc) is 2.74. The number of amides is 1. The summed E-state index contributed by atoms with van der Waals surface area (Å²) in [5, 5.41) is 0. The van der Waals surface area contributed by atoms with Crippen molar-refractivity contribution in [3.05, 3.63) is 69.6 Å². The van der Waals surface area contributed by atoms with E-state index in [1.165, 1.54) is 37.3 Å². The second kappa shape index (κ2) is 8.03. The Balaban J connectivity index is 1.32. The van der Waals surface area contributed by atoms with Crippen molar-refractivity contribution >= 4 is 5.91 Å². The molecule has 5 rings (SSSR count). The van der Waals surface area contributed by atoms with Gasteiger partial charge in [-0.25, -0.2) is 0 Å². The first-order chi connectivity index (χ1) is 14.6. The number of hydrogen-bond acceptors (Lipinski definition) is 3. The van der Waals surface area contributed by atoms with E-state index in [2.05, 4.69) is 40.2 Å². The van der Waals surface area contributed by atoms with Crippen LogP contribution in [-0.2, 0) is 6.42 Å². The van der Waals surface area contributed by atoms with Gasteiger partial charge in [0.05, 0.1) is 0 Å². The molecule has 4 heterocycles. The minimum atomic E-state index is -0.197. The molecule has 1 aromatic heterocycles. The fourth-order valence-corrected chi connectivity index (χ4v) is 6.17. The summed E-state index contributed by atoms with van der Waals surface area (Å²) in [6, 6.07) is 15.3. The van der Waals surface area contributed by atoms with Gasteiger partial charge < -0.3 is 9.88 Å². The van der Waals surface area contributed by atoms with E-state index >= 15 is 0 Å². The van der Waals surface area contributed by atoms with Gasteiger partial charge in [0.2, 0.25) is 5.56 Å². The van der Waals surface area contributed by atoms with Crippen molar-refractivity contribution in [2.75, 3.05) is 19.6 Å². The molecule has 3 fully saturated rings. The fraction of sp³-hybridized carbons (Fsp3) is 0.520. The SMILES string of the molecule is Cc1cc(C(=O)N2C[C@@H]3C[C@H](C2)[C@@H]2CCC[C@H](Cc4ccccc4)N2C3)cc(=O)[nH]1. The Morgan fingerprint density at radius 3 is 2.73 bits per heavy atom. The van der Waals surface area contributed by atoms with Gasteiger partial charge in [-0.15, -0.1) is 0 Å². The number of nitrogens with one attached hydrogen (secondary N) is 1. The summed E-state index contributed by atoms with van der Waals surface area (Å²) < 4.78 is 0. The maximum Gasteiger partial charge on any atom is 0.254 e. The highest BCUT2D eigenvalue weighted by Gasteiger charge is 2.45. The fourth-order valence-electron chi connectivity index (χ4n) is 6.17. The van der Waals surface area contributed by atoms with Crippen molar-refractivity contribution in [2.24, 2.45) is 11.8 Å². The Hall–Kier alpha value is -2.40. The number of pyridine rings is 1. The minimum Gasteiger partial charge on any atom is -0.338 e. The van der Waals surface area contributed by atoms with Gasteiger partial charge in [-0.05, 0) is 56.1 Å². The number of carbonyl (C=O) groups excluding carboxylic acids is 1. The van der Waals surface area contributed by atoms with Gasteiger partial charge >= 0.3 is 0 Å². The second-order valence-electron chi connectivity index (χ2n) is 9.53. The quantitative estimate of drug-likeness (QED) is 0.853. The molecule has 1 N–H and O–H groups in total. The number of H-pyrrole nitrogens is 1. The maximum absolute atomic E-state index is 13.2. The molecule has 4 atom stereocenters. The molecule has 30 heavy (non-hydrogen) atoms. The van der Waals surface area contributed by atoms with Gasteiger partial charge in [0.25, 0.3) is 5.91 Å². The maximum atomic E-state index is 13.2. The van der Waals surface area contributed by atoms with Crippen LogP contribution >= 0.6 is 0 Å². The molecule has 0 unspecified atom stereocenters. The highest BCUT2D eigenvalue weighted by molar-refractivity contribution is 5.94. The normalized spacial score (nSPS) is 28.8. The molecule has 1 amide bonds. The van der Waals surface area contributed by atoms with Gasteiger partial charge in [-0.2, -0.15) is 0 Å². The van der Waals surface area contributed by atoms with E-state index in [-0.39, 0.29) is 11.5 Å². The van der Waals surface area contributed by atoms with Crippen LogP contribution in [0.2, 0.25) is 0 Å². The first-order valence-corrected chi connectivity index (χ1v) is 11.4. The third-order valence-corrected chi connectivity index (χ3v) is 7.34. The van der Waals surface area contributed by atoms with E-state index in [9.17, 15) is 9.59 Å². The first-order valence-electron chi connectivity index (χ1n) is 11.4. The molecule has 2 aromatic rings. The van der Waals surface area contributed by atoms with Crippen LogP contribution < -0.4 is 5.56 Å². The number of likely N-dealkylation sites (tertiary alicyclic amines) is 1. The summed E-state index contributed by atoms with van der Waals surface area (Å²) in [5.41, 5.74) is 2.50. The lowest BCUT2D eigenvalue weighted by Gasteiger charge is -2.55. The average molecular weight is 406 g/mol. The number of hydrogen-bond donors (Lipinski definition) is 1. The highest BCUT2D eigenvalue weighted by atomic mass is 16.2. The van der Waals surface area contributed by atoms with E-state index in [4.69, 9.17) is 0 Å². The Morgan fingerprint density at radius 2 is 1.93 bits per heavy atom. The van der Waals surface area contributed by atoms with Gasteiger partial charge in [0, 0.05) is 49.0 Å². The number of aromatic amines is 1. The number of aryl methyl sites for hydroxylation is 1. The number of benzene rings is 1. The van der Waals surface area contributed by atoms with Crippen molar-refractivity contribution in [1.82, 2.24) is 14.8 Å². The third kappa shape index (κ3) is 3.83. The zero-order chi connectivity index (χ0) is 20.7. The molecule has 3 aliphatic heterocycles. The molecule has 3 saturated heterocycles. The largest absolute Gasteiger partial charge is 0.338 e. The molecule has 3 aliphatic rings. The first kappa shape index (κ1) is 19.6. The van der Waals surface area contributed by atoms with E-state index in [0.717, 1.165) is 31.7 Å². The number of fused-ring (bicyclic) bond motifs is 4. The molecular formula is C25H31N3O2. The summed E-state index contributed by atoms with van der Waals surface area (Å²) >= 11 is 0. The summed E-state index contributed by atoms with van der Waals surface area (Å²) in [5.74, 6) is 1.09. The zero-order valence-corrected chi connectivity index (χ0v) is 17.7. The molecule has 5 nitrogen and oxygen atoms in total. The summed E-state index contributed by atoms with van der Waals surface area (Å²) in [6.45, 7) is 4.55. The zero-order valence-electron chi connectivity index (χ0n) is 17.7. The van der Waals surface area contributed by atoms with Crippen LogP contribution in [0, 0.1) is 18.8 Å². The summed E-state index contributed by atoms with van der Waals surface area (Å²) in [4.78, 5) is 32.5. The van der Waals surface area contributed by atoms with Crippen LogP contribution in [0.15, 0.2) is 47.3 Å². The number of carbonyl (C=O) groups is 1. The van der Waals surface area contributed by atoms with Crippen LogP contribution in [0.25, 0.3) is 0 Å². The monoisotopic (exact) mass is 405 g/mol. The lowest BCUT2D eigenvalue weighted by molar-refractivity contribution is -0.0498. The lowest BCUT2D eigenvalue weighted by atomic mass is 9.74. The predicted molar refractivity (Wildman–Crippen MR) is 118 cm³/mol. The molecule has 158 valence electrons. The Morgan fingerprint density at radius 1 is 1.10 bits per heavy atom. The highest BCUT2D eigenvalue weighted by Crippen LogP contribution is 2.40. The van der Waals surface area contributed by atoms with Crippen molar-refractivity contribution < 1.29 is 4.79 Å². The van der Waals surface area contributed by atoms with Crippen molar-refractivity contribution in [1.29, 1.82) is 0 Å². The van der Waals surface area contributed by atoms with E-state index in [1.807, 2.05) is 11.8 Å². The van der Waals surface area contributed by atoms with Crippen LogP contribution in [0.5, 0.6) is 0 Å². The second-order valence-corrected chi connectivity index (χ2v) is 9.53. The van der Waals surface area contributed by atoms with Crippen molar-refractivity contribution in [3.63, 3.8) is 0 Å². The number of nitrogens with zero attached hydrogens (tertiary/aromatic N) is 2. The van der Waals surface area contributed by atoms with E-state index in [0.29, 0.717) is 29.5 Å².